The van der Waals surface area contributed by atoms with Gasteiger partial charge in [0.1, 0.15) is 17.5 Å². The molecule has 2 rings (SSSR count). The van der Waals surface area contributed by atoms with Gasteiger partial charge < -0.3 is 35.2 Å². The van der Waals surface area contributed by atoms with Crippen LogP contribution in [0.15, 0.2) is 48.5 Å². The largest absolute Gasteiger partial charge is 0.481 e. The Balaban J connectivity index is 0.000000862. The Morgan fingerprint density at radius 2 is 1.22 bits per heavy atom. The summed E-state index contributed by atoms with van der Waals surface area (Å²) >= 11 is 0. The van der Waals surface area contributed by atoms with Crippen molar-refractivity contribution in [3.8, 4) is 11.5 Å². The number of hydrogen-bond donors (Lipinski definition) is 4. The van der Waals surface area contributed by atoms with Gasteiger partial charge >= 0.3 is 24.1 Å². The zero-order valence-corrected chi connectivity index (χ0v) is 30.5. The van der Waals surface area contributed by atoms with E-state index in [-0.39, 0.29) is 36.1 Å². The normalized spacial score (nSPS) is 11.4. The van der Waals surface area contributed by atoms with E-state index in [0.717, 1.165) is 50.4 Å². The maximum Gasteiger partial charge on any atom is 0.413 e. The number of anilines is 1. The van der Waals surface area contributed by atoms with Crippen LogP contribution in [0.2, 0.25) is 0 Å². The summed E-state index contributed by atoms with van der Waals surface area (Å²) in [4.78, 5) is 57.1. The molecule has 0 bridgehead atoms. The summed E-state index contributed by atoms with van der Waals surface area (Å²) in [5.74, 6) is -0.989. The van der Waals surface area contributed by atoms with Gasteiger partial charge in [0.25, 0.3) is 5.69 Å². The van der Waals surface area contributed by atoms with Crippen LogP contribution in [0.4, 0.5) is 21.0 Å². The van der Waals surface area contributed by atoms with Crippen molar-refractivity contribution in [3.05, 3.63) is 58.6 Å². The lowest BCUT2D eigenvalue weighted by atomic mass is 10.1. The number of carbonyl (C=O) groups is 4. The molecule has 14 heteroatoms. The van der Waals surface area contributed by atoms with E-state index in [1.807, 2.05) is 26.0 Å². The number of non-ortho nitro benzene ring substituents is 1. The van der Waals surface area contributed by atoms with Crippen LogP contribution in [0.5, 0.6) is 11.5 Å². The molecule has 50 heavy (non-hydrogen) atoms. The molecule has 0 saturated carbocycles. The molecular formula is C36H56N4O10. The summed E-state index contributed by atoms with van der Waals surface area (Å²) in [6, 6.07) is 11.0. The van der Waals surface area contributed by atoms with E-state index in [1.54, 1.807) is 12.1 Å². The third-order valence-electron chi connectivity index (χ3n) is 6.85. The molecular weight excluding hydrogens is 648 g/mol. The first-order valence-electron chi connectivity index (χ1n) is 17.2. The van der Waals surface area contributed by atoms with Crippen molar-refractivity contribution in [1.82, 2.24) is 10.6 Å². The molecule has 280 valence electrons. The molecule has 0 aliphatic rings. The van der Waals surface area contributed by atoms with Crippen LogP contribution in [0.1, 0.15) is 99.8 Å². The number of aliphatic carboxylic acids is 2. The second-order valence-electron chi connectivity index (χ2n) is 12.0. The summed E-state index contributed by atoms with van der Waals surface area (Å²) in [5, 5.41) is 32.9. The average Bonchev–Trinajstić information content (AvgIpc) is 3.04. The minimum atomic E-state index is -1.32. The Morgan fingerprint density at radius 3 is 1.60 bits per heavy atom. The summed E-state index contributed by atoms with van der Waals surface area (Å²) in [5.41, 5.74) is 0.980. The first-order chi connectivity index (χ1) is 23.7. The van der Waals surface area contributed by atoms with Crippen LogP contribution in [0, 0.1) is 16.0 Å². The van der Waals surface area contributed by atoms with Crippen LogP contribution in [-0.2, 0) is 9.59 Å². The SMILES string of the molecule is CCCC(C)C.CCCC(C)NC(=O)Oc1ccc([N+](=O)[O-])cc1.CCCN(CCC)c1ccc(OC(=O)NC(CCC(=O)O)C(=O)O)cc1. The predicted molar refractivity (Wildman–Crippen MR) is 193 cm³/mol. The highest BCUT2D eigenvalue weighted by Gasteiger charge is 2.22. The Bertz CT molecular complexity index is 1280. The molecule has 0 heterocycles. The molecule has 14 nitrogen and oxygen atoms in total. The van der Waals surface area contributed by atoms with E-state index in [4.69, 9.17) is 19.7 Å². The van der Waals surface area contributed by atoms with Gasteiger partial charge in [-0.3, -0.25) is 14.9 Å². The van der Waals surface area contributed by atoms with Crippen molar-refractivity contribution in [2.45, 2.75) is 112 Å². The molecule has 0 aromatic heterocycles. The molecule has 2 aromatic rings. The molecule has 0 fully saturated rings. The topological polar surface area (TPSA) is 198 Å². The van der Waals surface area contributed by atoms with Crippen LogP contribution in [0.25, 0.3) is 0 Å². The maximum absolute atomic E-state index is 11.8. The highest BCUT2D eigenvalue weighted by Crippen LogP contribution is 2.20. The number of carboxylic acids is 2. The second-order valence-corrected chi connectivity index (χ2v) is 12.0. The number of nitrogens with one attached hydrogen (secondary N) is 2. The van der Waals surface area contributed by atoms with E-state index in [9.17, 15) is 29.3 Å². The van der Waals surface area contributed by atoms with Gasteiger partial charge in [0.05, 0.1) is 4.92 Å². The molecule has 0 aliphatic heterocycles. The molecule has 2 unspecified atom stereocenters. The van der Waals surface area contributed by atoms with Crippen molar-refractivity contribution in [1.29, 1.82) is 0 Å². The lowest BCUT2D eigenvalue weighted by molar-refractivity contribution is -0.384. The lowest BCUT2D eigenvalue weighted by Crippen LogP contribution is -2.42. The monoisotopic (exact) mass is 704 g/mol. The quantitative estimate of drug-likeness (QED) is 0.0865. The fourth-order valence-electron chi connectivity index (χ4n) is 4.49. The number of nitro groups is 1. The molecule has 2 amide bonds. The number of carboxylic acid groups (broad SMARTS) is 2. The van der Waals surface area contributed by atoms with Gasteiger partial charge in [0.2, 0.25) is 0 Å². The Hall–Kier alpha value is -4.88. The summed E-state index contributed by atoms with van der Waals surface area (Å²) < 4.78 is 10.1. The number of hydrogen-bond acceptors (Lipinski definition) is 9. The number of nitro benzene ring substituents is 1. The van der Waals surface area contributed by atoms with E-state index in [2.05, 4.69) is 50.2 Å². The van der Waals surface area contributed by atoms with Gasteiger partial charge in [-0.25, -0.2) is 14.4 Å². The third-order valence-corrected chi connectivity index (χ3v) is 6.85. The number of rotatable bonds is 18. The molecule has 0 aliphatic carbocycles. The second kappa shape index (κ2) is 26.0. The number of amides is 2. The Labute approximate surface area is 295 Å². The average molecular weight is 705 g/mol. The summed E-state index contributed by atoms with van der Waals surface area (Å²) in [7, 11) is 0. The number of ether oxygens (including phenoxy) is 2. The summed E-state index contributed by atoms with van der Waals surface area (Å²) in [6.45, 7) is 16.7. The van der Waals surface area contributed by atoms with Gasteiger partial charge in [-0.2, -0.15) is 0 Å². The Kier molecular flexibility index (Phi) is 23.5. The standard InChI is InChI=1S/C18H26N2O6.C12H16N2O4.C6H14/c1-3-11-20(12-4-2)13-5-7-14(8-6-13)26-18(25)19-15(17(23)24)9-10-16(21)22;1-3-4-9(2)13-12(15)18-11-7-5-10(6-8-11)14(16)17;1-4-5-6(2)3/h5-8,15H,3-4,9-12H2,1-2H3,(H,19,25)(H,21,22)(H,23,24);5-9H,3-4H2,1-2H3,(H,13,15);6H,4-5H2,1-3H3. The first kappa shape index (κ1) is 45.1. The van der Waals surface area contributed by atoms with Crippen LogP contribution in [-0.4, -0.2) is 64.4 Å². The molecule has 4 N–H and O–H groups in total. The lowest BCUT2D eigenvalue weighted by Gasteiger charge is -2.23. The van der Waals surface area contributed by atoms with E-state index >= 15 is 0 Å². The molecule has 2 aromatic carbocycles. The minimum absolute atomic E-state index is 0.0397. The zero-order chi connectivity index (χ0) is 38.1. The smallest absolute Gasteiger partial charge is 0.413 e. The fraction of sp³-hybridized carbons (Fsp3) is 0.556. The number of benzene rings is 2. The van der Waals surface area contributed by atoms with Crippen molar-refractivity contribution in [3.63, 3.8) is 0 Å². The summed E-state index contributed by atoms with van der Waals surface area (Å²) in [6.07, 6.45) is 4.52. The molecule has 2 atom stereocenters. The Morgan fingerprint density at radius 1 is 0.740 bits per heavy atom. The molecule has 0 saturated heterocycles. The van der Waals surface area contributed by atoms with E-state index in [1.165, 1.54) is 37.1 Å². The van der Waals surface area contributed by atoms with Crippen LogP contribution in [0.3, 0.4) is 0 Å². The van der Waals surface area contributed by atoms with Crippen molar-refractivity contribution < 1.29 is 43.8 Å². The third kappa shape index (κ3) is 21.2. The van der Waals surface area contributed by atoms with Gasteiger partial charge in [-0.05, 0) is 74.9 Å². The number of nitrogens with zero attached hydrogens (tertiary/aromatic N) is 2. The van der Waals surface area contributed by atoms with Crippen LogP contribution < -0.4 is 25.0 Å². The number of carbonyl (C=O) groups excluding carboxylic acids is 2. The van der Waals surface area contributed by atoms with Crippen molar-refractivity contribution in [2.75, 3.05) is 18.0 Å². The fourth-order valence-corrected chi connectivity index (χ4v) is 4.49. The van der Waals surface area contributed by atoms with E-state index < -0.39 is 35.1 Å². The zero-order valence-electron chi connectivity index (χ0n) is 30.5. The minimum Gasteiger partial charge on any atom is -0.481 e. The first-order valence-corrected chi connectivity index (χ1v) is 17.2. The van der Waals surface area contributed by atoms with Crippen molar-refractivity contribution >= 4 is 35.5 Å². The highest BCUT2D eigenvalue weighted by atomic mass is 16.6. The van der Waals surface area contributed by atoms with Gasteiger partial charge in [-0.1, -0.05) is 60.8 Å². The predicted octanol–water partition coefficient (Wildman–Crippen LogP) is 8.03. The van der Waals surface area contributed by atoms with E-state index in [0.29, 0.717) is 0 Å². The van der Waals surface area contributed by atoms with Gasteiger partial charge in [0.15, 0.2) is 0 Å². The maximum atomic E-state index is 11.8. The van der Waals surface area contributed by atoms with Crippen LogP contribution >= 0.6 is 0 Å². The molecule has 0 spiro atoms. The van der Waals surface area contributed by atoms with Crippen molar-refractivity contribution in [2.24, 2.45) is 5.92 Å². The molecule has 0 radical (unpaired) electrons. The van der Waals surface area contributed by atoms with Gasteiger partial charge in [0, 0.05) is 43.4 Å². The highest BCUT2D eigenvalue weighted by molar-refractivity contribution is 5.81. The van der Waals surface area contributed by atoms with Gasteiger partial charge in [-0.15, -0.1) is 0 Å².